The zero-order chi connectivity index (χ0) is 19.6. The van der Waals surface area contributed by atoms with Crippen LogP contribution in [0.2, 0.25) is 0 Å². The van der Waals surface area contributed by atoms with Crippen LogP contribution in [0.25, 0.3) is 0 Å². The molecule has 0 unspecified atom stereocenters. The number of anilines is 1. The van der Waals surface area contributed by atoms with E-state index in [4.69, 9.17) is 0 Å². The zero-order valence-electron chi connectivity index (χ0n) is 15.0. The van der Waals surface area contributed by atoms with Crippen molar-refractivity contribution in [2.24, 2.45) is 0 Å². The third kappa shape index (κ3) is 4.53. The van der Waals surface area contributed by atoms with Gasteiger partial charge in [-0.3, -0.25) is 14.9 Å². The van der Waals surface area contributed by atoms with E-state index in [1.165, 1.54) is 18.2 Å². The van der Waals surface area contributed by atoms with Crippen molar-refractivity contribution in [1.29, 1.82) is 0 Å². The lowest BCUT2D eigenvalue weighted by molar-refractivity contribution is -0.385. The number of thiazole rings is 1. The summed E-state index contributed by atoms with van der Waals surface area (Å²) in [5.74, 6) is -0.299. The molecule has 1 amide bonds. The highest BCUT2D eigenvalue weighted by Gasteiger charge is 2.14. The van der Waals surface area contributed by atoms with Crippen molar-refractivity contribution >= 4 is 40.4 Å². The molecular weight excluding hydrogens is 382 g/mol. The first-order valence-corrected chi connectivity index (χ1v) is 9.80. The second kappa shape index (κ2) is 7.89. The van der Waals surface area contributed by atoms with Gasteiger partial charge < -0.3 is 5.32 Å². The molecule has 0 spiro atoms. The third-order valence-electron chi connectivity index (χ3n) is 3.90. The van der Waals surface area contributed by atoms with Crippen LogP contribution in [0.4, 0.5) is 11.4 Å². The minimum Gasteiger partial charge on any atom is -0.322 e. The molecule has 1 heterocycles. The molecule has 0 aliphatic carbocycles. The third-order valence-corrected chi connectivity index (χ3v) is 5.95. The van der Waals surface area contributed by atoms with Crippen molar-refractivity contribution in [3.05, 3.63) is 74.3 Å². The van der Waals surface area contributed by atoms with Gasteiger partial charge in [0.15, 0.2) is 4.34 Å². The minimum absolute atomic E-state index is 0.00142. The molecule has 3 aromatic rings. The number of hydrogen-bond donors (Lipinski definition) is 1. The molecular formula is C19H17N3O3S2. The lowest BCUT2D eigenvalue weighted by atomic mass is 10.1. The van der Waals surface area contributed by atoms with E-state index >= 15 is 0 Å². The largest absolute Gasteiger partial charge is 0.322 e. The molecule has 138 valence electrons. The molecule has 1 aromatic heterocycles. The van der Waals surface area contributed by atoms with Gasteiger partial charge in [0.05, 0.1) is 4.92 Å². The molecule has 6 nitrogen and oxygen atoms in total. The molecule has 1 N–H and O–H groups in total. The number of carbonyl (C=O) groups is 1. The Morgan fingerprint density at radius 1 is 1.15 bits per heavy atom. The van der Waals surface area contributed by atoms with E-state index in [2.05, 4.69) is 10.3 Å². The fourth-order valence-corrected chi connectivity index (χ4v) is 4.43. The number of nitro benzene ring substituents is 1. The average molecular weight is 399 g/mol. The van der Waals surface area contributed by atoms with Gasteiger partial charge in [-0.15, -0.1) is 11.3 Å². The summed E-state index contributed by atoms with van der Waals surface area (Å²) in [6, 6.07) is 10.1. The molecule has 27 heavy (non-hydrogen) atoms. The topological polar surface area (TPSA) is 85.1 Å². The zero-order valence-corrected chi connectivity index (χ0v) is 16.6. The SMILES string of the molecule is Cc1csc(Sc2ccc(NC(=O)c3ccc([N+](=O)[O-])c(C)c3)c(C)c2)n1. The standard InChI is InChI=1S/C19H17N3O3S2/c1-11-9-15(27-19-20-13(3)10-26-19)5-6-16(11)21-18(23)14-4-7-17(22(24)25)12(2)8-14/h4-10H,1-3H3,(H,21,23). The summed E-state index contributed by atoms with van der Waals surface area (Å²) < 4.78 is 0.977. The summed E-state index contributed by atoms with van der Waals surface area (Å²) in [6.07, 6.45) is 0. The molecule has 0 radical (unpaired) electrons. The number of aromatic nitrogens is 1. The summed E-state index contributed by atoms with van der Waals surface area (Å²) in [7, 11) is 0. The quantitative estimate of drug-likeness (QED) is 0.460. The van der Waals surface area contributed by atoms with Gasteiger partial charge in [-0.1, -0.05) is 11.8 Å². The number of nitrogens with one attached hydrogen (secondary N) is 1. The number of rotatable bonds is 5. The molecule has 3 rings (SSSR count). The number of benzene rings is 2. The van der Waals surface area contributed by atoms with Crippen molar-refractivity contribution in [2.45, 2.75) is 30.0 Å². The van der Waals surface area contributed by atoms with Gasteiger partial charge >= 0.3 is 0 Å². The highest BCUT2D eigenvalue weighted by molar-refractivity contribution is 8.01. The first-order chi connectivity index (χ1) is 12.8. The molecule has 0 bridgehead atoms. The van der Waals surface area contributed by atoms with E-state index in [9.17, 15) is 14.9 Å². The van der Waals surface area contributed by atoms with Crippen LogP contribution in [0, 0.1) is 30.9 Å². The summed E-state index contributed by atoms with van der Waals surface area (Å²) in [5, 5.41) is 15.8. The van der Waals surface area contributed by atoms with E-state index < -0.39 is 4.92 Å². The normalized spacial score (nSPS) is 10.6. The van der Waals surface area contributed by atoms with Gasteiger partial charge in [0.1, 0.15) is 0 Å². The first kappa shape index (κ1) is 19.1. The number of hydrogen-bond acceptors (Lipinski definition) is 6. The van der Waals surface area contributed by atoms with E-state index in [1.54, 1.807) is 30.0 Å². The number of aryl methyl sites for hydroxylation is 3. The van der Waals surface area contributed by atoms with Crippen molar-refractivity contribution in [1.82, 2.24) is 4.98 Å². The summed E-state index contributed by atoms with van der Waals surface area (Å²) in [5.41, 5.74) is 3.48. The predicted molar refractivity (Wildman–Crippen MR) is 108 cm³/mol. The molecule has 0 fully saturated rings. The second-order valence-electron chi connectivity index (χ2n) is 6.05. The number of nitrogens with zero attached hydrogens (tertiary/aromatic N) is 2. The molecule has 0 saturated heterocycles. The Balaban J connectivity index is 1.74. The van der Waals surface area contributed by atoms with Crippen LogP contribution >= 0.6 is 23.1 Å². The molecule has 0 aliphatic rings. The highest BCUT2D eigenvalue weighted by atomic mass is 32.2. The van der Waals surface area contributed by atoms with Crippen molar-refractivity contribution < 1.29 is 9.72 Å². The first-order valence-electron chi connectivity index (χ1n) is 8.10. The van der Waals surface area contributed by atoms with Crippen LogP contribution in [0.5, 0.6) is 0 Å². The lowest BCUT2D eigenvalue weighted by Crippen LogP contribution is -2.13. The van der Waals surface area contributed by atoms with Crippen LogP contribution in [0.3, 0.4) is 0 Å². The van der Waals surface area contributed by atoms with E-state index in [-0.39, 0.29) is 11.6 Å². The van der Waals surface area contributed by atoms with Crippen LogP contribution in [-0.2, 0) is 0 Å². The molecule has 0 saturated carbocycles. The fourth-order valence-electron chi connectivity index (χ4n) is 2.52. The number of carbonyl (C=O) groups excluding carboxylic acids is 1. The van der Waals surface area contributed by atoms with Crippen molar-refractivity contribution in [2.75, 3.05) is 5.32 Å². The van der Waals surface area contributed by atoms with Crippen LogP contribution < -0.4 is 5.32 Å². The molecule has 0 atom stereocenters. The predicted octanol–water partition coefficient (Wildman–Crippen LogP) is 5.38. The molecule has 2 aromatic carbocycles. The Labute approximate surface area is 164 Å². The van der Waals surface area contributed by atoms with Gasteiger partial charge in [0.2, 0.25) is 0 Å². The average Bonchev–Trinajstić information content (AvgIpc) is 3.01. The Hall–Kier alpha value is -2.71. The maximum absolute atomic E-state index is 12.5. The van der Waals surface area contributed by atoms with Gasteiger partial charge in [-0.2, -0.15) is 0 Å². The van der Waals surface area contributed by atoms with Gasteiger partial charge in [0.25, 0.3) is 11.6 Å². The fraction of sp³-hybridized carbons (Fsp3) is 0.158. The number of nitro groups is 1. The number of amides is 1. The minimum atomic E-state index is -0.457. The second-order valence-corrected chi connectivity index (χ2v) is 8.22. The molecule has 0 aliphatic heterocycles. The maximum Gasteiger partial charge on any atom is 0.272 e. The Morgan fingerprint density at radius 3 is 2.52 bits per heavy atom. The van der Waals surface area contributed by atoms with Gasteiger partial charge in [-0.05, 0) is 56.7 Å². The van der Waals surface area contributed by atoms with Crippen LogP contribution in [0.1, 0.15) is 27.2 Å². The van der Waals surface area contributed by atoms with E-state index in [0.29, 0.717) is 16.8 Å². The van der Waals surface area contributed by atoms with Crippen LogP contribution in [0.15, 0.2) is 51.0 Å². The van der Waals surface area contributed by atoms with Crippen molar-refractivity contribution in [3.8, 4) is 0 Å². The monoisotopic (exact) mass is 399 g/mol. The summed E-state index contributed by atoms with van der Waals surface area (Å²) >= 11 is 3.18. The lowest BCUT2D eigenvalue weighted by Gasteiger charge is -2.10. The van der Waals surface area contributed by atoms with Gasteiger partial charge in [-0.25, -0.2) is 4.98 Å². The van der Waals surface area contributed by atoms with Gasteiger partial charge in [0, 0.05) is 38.9 Å². The van der Waals surface area contributed by atoms with E-state index in [1.807, 2.05) is 37.4 Å². The van der Waals surface area contributed by atoms with Crippen LogP contribution in [-0.4, -0.2) is 15.8 Å². The maximum atomic E-state index is 12.5. The Morgan fingerprint density at radius 2 is 1.93 bits per heavy atom. The Bertz CT molecular complexity index is 1030. The highest BCUT2D eigenvalue weighted by Crippen LogP contribution is 2.32. The Kier molecular flexibility index (Phi) is 5.57. The summed E-state index contributed by atoms with van der Waals surface area (Å²) in [6.45, 7) is 5.50. The smallest absolute Gasteiger partial charge is 0.272 e. The van der Waals surface area contributed by atoms with E-state index in [0.717, 1.165) is 20.5 Å². The molecule has 8 heteroatoms. The van der Waals surface area contributed by atoms with Crippen molar-refractivity contribution in [3.63, 3.8) is 0 Å². The summed E-state index contributed by atoms with van der Waals surface area (Å²) in [4.78, 5) is 28.4.